The Morgan fingerprint density at radius 3 is 1.88 bits per heavy atom. The van der Waals surface area contributed by atoms with Gasteiger partial charge in [0, 0.05) is 33.3 Å². The number of halogens is 3. The Hall–Kier alpha value is -3.29. The molecule has 3 saturated heterocycles. The molecule has 0 spiro atoms. The van der Waals surface area contributed by atoms with Crippen LogP contribution in [0.1, 0.15) is 39.5 Å². The van der Waals surface area contributed by atoms with Crippen LogP contribution in [0.15, 0.2) is 30.3 Å². The van der Waals surface area contributed by atoms with Crippen molar-refractivity contribution in [1.29, 1.82) is 0 Å². The molecule has 1 unspecified atom stereocenters. The molecule has 11 atom stereocenters. The Balaban J connectivity index is 1.84. The van der Waals surface area contributed by atoms with E-state index in [9.17, 15) is 28.8 Å². The molecule has 0 saturated carbocycles. The summed E-state index contributed by atoms with van der Waals surface area (Å²) in [7, 11) is 1.01. The molecule has 20 heteroatoms. The predicted octanol–water partition coefficient (Wildman–Crippen LogP) is 1.32. The van der Waals surface area contributed by atoms with Crippen molar-refractivity contribution >= 4 is 70.6 Å². The Kier molecular flexibility index (Phi) is 13.3. The molecular formula is C30H34Cl3NO16. The summed E-state index contributed by atoms with van der Waals surface area (Å²) in [5.74, 6) is -5.93. The second-order valence-corrected chi connectivity index (χ2v) is 13.4. The zero-order valence-electron chi connectivity index (χ0n) is 27.1. The number of methoxy groups -OCH3 is 1. The highest BCUT2D eigenvalue weighted by Crippen LogP contribution is 2.39. The highest BCUT2D eigenvalue weighted by molar-refractivity contribution is 6.76. The van der Waals surface area contributed by atoms with Crippen LogP contribution in [0.3, 0.4) is 0 Å². The van der Waals surface area contributed by atoms with Gasteiger partial charge < -0.3 is 52.7 Å². The van der Waals surface area contributed by atoms with Gasteiger partial charge in [-0.05, 0) is 0 Å². The Bertz CT molecular complexity index is 1430. The van der Waals surface area contributed by atoms with Gasteiger partial charge in [-0.1, -0.05) is 65.1 Å². The number of ether oxygens (including phenoxy) is 10. The number of benzene rings is 1. The number of hydrogen-bond donors (Lipinski definition) is 1. The lowest BCUT2D eigenvalue weighted by Crippen LogP contribution is -2.71. The van der Waals surface area contributed by atoms with E-state index < -0.39 is 107 Å². The minimum atomic E-state index is -2.54. The molecule has 17 nitrogen and oxygen atoms in total. The minimum absolute atomic E-state index is 0.165. The van der Waals surface area contributed by atoms with E-state index >= 15 is 0 Å². The maximum absolute atomic E-state index is 13.1. The number of carbonyl (C=O) groups excluding carboxylic acids is 6. The fourth-order valence-corrected chi connectivity index (χ4v) is 5.67. The molecule has 1 N–H and O–H groups in total. The van der Waals surface area contributed by atoms with Crippen molar-refractivity contribution in [2.45, 2.75) is 99.1 Å². The molecule has 3 aliphatic rings. The third-order valence-electron chi connectivity index (χ3n) is 7.37. The van der Waals surface area contributed by atoms with Crippen LogP contribution in [0, 0.1) is 0 Å². The zero-order chi connectivity index (χ0) is 36.9. The number of esters is 5. The van der Waals surface area contributed by atoms with Crippen LogP contribution in [0.2, 0.25) is 0 Å². The van der Waals surface area contributed by atoms with Crippen molar-refractivity contribution in [2.75, 3.05) is 13.7 Å². The molecule has 1 amide bonds. The van der Waals surface area contributed by atoms with Crippen LogP contribution in [-0.4, -0.2) is 115 Å². The molecule has 3 fully saturated rings. The monoisotopic (exact) mass is 769 g/mol. The van der Waals surface area contributed by atoms with Gasteiger partial charge in [0.15, 0.2) is 37.0 Å². The maximum atomic E-state index is 13.1. The number of carbonyl (C=O) groups is 6. The molecule has 1 aromatic rings. The summed E-state index contributed by atoms with van der Waals surface area (Å²) in [5.41, 5.74) is 0.574. The van der Waals surface area contributed by atoms with Crippen molar-refractivity contribution < 1.29 is 76.1 Å². The van der Waals surface area contributed by atoms with E-state index in [-0.39, 0.29) is 6.61 Å². The van der Waals surface area contributed by atoms with Crippen molar-refractivity contribution in [3.63, 3.8) is 0 Å². The van der Waals surface area contributed by atoms with Crippen molar-refractivity contribution in [2.24, 2.45) is 0 Å². The van der Waals surface area contributed by atoms with Gasteiger partial charge in [-0.25, -0.2) is 4.79 Å². The first-order chi connectivity index (χ1) is 23.5. The third-order valence-corrected chi connectivity index (χ3v) is 7.89. The standard InChI is InChI=1S/C30H34Cl3NO16/c1-12(35)43-21-22(44-13(2)36)24(45-14(3)37)28(50-23(21)25(39)41-5)49-20-18(34-29(40)30(31,32)33)27(46-15(4)38)47-17-11-42-26(48-19(17)20)16-9-7-6-8-10-16/h6-10,17-24,26-28H,11H2,1-5H3,(H,34,40)/t17-,18-,19+,20-,21+,22+,23+,24-,26?,27+,28-/m1/s1. The molecule has 4 rings (SSSR count). The van der Waals surface area contributed by atoms with Gasteiger partial charge in [0.05, 0.1) is 13.7 Å². The summed E-state index contributed by atoms with van der Waals surface area (Å²) < 4.78 is 54.4. The van der Waals surface area contributed by atoms with E-state index in [0.717, 1.165) is 34.8 Å². The van der Waals surface area contributed by atoms with Crippen LogP contribution in [0.25, 0.3) is 0 Å². The summed E-state index contributed by atoms with van der Waals surface area (Å²) in [6.07, 6.45) is -15.4. The Morgan fingerprint density at radius 1 is 0.740 bits per heavy atom. The van der Waals surface area contributed by atoms with Crippen molar-refractivity contribution in [1.82, 2.24) is 5.32 Å². The Morgan fingerprint density at radius 2 is 1.32 bits per heavy atom. The largest absolute Gasteiger partial charge is 0.467 e. The molecule has 1 aromatic carbocycles. The first kappa shape index (κ1) is 39.5. The first-order valence-electron chi connectivity index (χ1n) is 14.9. The van der Waals surface area contributed by atoms with Crippen LogP contribution in [-0.2, 0) is 76.1 Å². The molecule has 50 heavy (non-hydrogen) atoms. The van der Waals surface area contributed by atoms with E-state index in [4.69, 9.17) is 82.2 Å². The summed E-state index contributed by atoms with van der Waals surface area (Å²) in [4.78, 5) is 75.1. The van der Waals surface area contributed by atoms with Crippen molar-refractivity contribution in [3.8, 4) is 0 Å². The van der Waals surface area contributed by atoms with Crippen molar-refractivity contribution in [3.05, 3.63) is 35.9 Å². The van der Waals surface area contributed by atoms with Gasteiger partial charge >= 0.3 is 29.8 Å². The lowest BCUT2D eigenvalue weighted by atomic mass is 9.94. The number of fused-ring (bicyclic) bond motifs is 1. The molecule has 276 valence electrons. The average molecular weight is 771 g/mol. The van der Waals surface area contributed by atoms with Gasteiger partial charge in [-0.2, -0.15) is 0 Å². The van der Waals surface area contributed by atoms with E-state index in [1.807, 2.05) is 0 Å². The third kappa shape index (κ3) is 9.73. The maximum Gasteiger partial charge on any atom is 0.339 e. The molecule has 3 heterocycles. The van der Waals surface area contributed by atoms with Gasteiger partial charge in [0.1, 0.15) is 24.4 Å². The normalized spacial score (nSPS) is 32.4. The minimum Gasteiger partial charge on any atom is -0.467 e. The number of rotatable bonds is 9. The van der Waals surface area contributed by atoms with E-state index in [1.165, 1.54) is 0 Å². The highest BCUT2D eigenvalue weighted by Gasteiger charge is 2.59. The van der Waals surface area contributed by atoms with Crippen LogP contribution in [0.4, 0.5) is 0 Å². The molecule has 0 aromatic heterocycles. The molecule has 0 radical (unpaired) electrons. The summed E-state index contributed by atoms with van der Waals surface area (Å²) in [5, 5.41) is 2.43. The smallest absolute Gasteiger partial charge is 0.339 e. The molecule has 0 bridgehead atoms. The van der Waals surface area contributed by atoms with Gasteiger partial charge in [0.25, 0.3) is 9.70 Å². The summed E-state index contributed by atoms with van der Waals surface area (Å²) >= 11 is 17.6. The predicted molar refractivity (Wildman–Crippen MR) is 165 cm³/mol. The summed E-state index contributed by atoms with van der Waals surface area (Å²) in [6, 6.07) is 7.12. The molecule has 0 aliphatic carbocycles. The van der Waals surface area contributed by atoms with Crippen LogP contribution >= 0.6 is 34.8 Å². The van der Waals surface area contributed by atoms with E-state index in [0.29, 0.717) is 5.56 Å². The summed E-state index contributed by atoms with van der Waals surface area (Å²) in [6.45, 7) is 3.96. The number of hydrogen-bond acceptors (Lipinski definition) is 16. The number of nitrogens with one attached hydrogen (secondary N) is 1. The lowest BCUT2D eigenvalue weighted by Gasteiger charge is -2.51. The van der Waals surface area contributed by atoms with Gasteiger partial charge in [-0.15, -0.1) is 0 Å². The van der Waals surface area contributed by atoms with Crippen LogP contribution < -0.4 is 5.32 Å². The number of alkyl halides is 3. The highest BCUT2D eigenvalue weighted by atomic mass is 35.6. The lowest BCUT2D eigenvalue weighted by molar-refractivity contribution is -0.372. The Labute approximate surface area is 300 Å². The topological polar surface area (TPSA) is 207 Å². The fourth-order valence-electron chi connectivity index (χ4n) is 5.51. The second-order valence-electron chi connectivity index (χ2n) is 11.1. The van der Waals surface area contributed by atoms with E-state index in [2.05, 4.69) is 5.32 Å². The van der Waals surface area contributed by atoms with E-state index in [1.54, 1.807) is 30.3 Å². The number of amides is 1. The quantitative estimate of drug-likeness (QED) is 0.214. The van der Waals surface area contributed by atoms with Gasteiger partial charge in [-0.3, -0.25) is 24.0 Å². The molecular weight excluding hydrogens is 737 g/mol. The molecule has 3 aliphatic heterocycles. The average Bonchev–Trinajstić information content (AvgIpc) is 3.03. The van der Waals surface area contributed by atoms with Crippen LogP contribution in [0.5, 0.6) is 0 Å². The van der Waals surface area contributed by atoms with Gasteiger partial charge in [0.2, 0.25) is 6.29 Å². The first-order valence-corrected chi connectivity index (χ1v) is 16.1. The SMILES string of the molecule is COC(=O)[C@H]1O[C@@H](O[C@@H]2[C@@H](NC(=O)C(Cl)(Cl)Cl)[C@@H](OC(C)=O)O[C@@H]3COC(c4ccccc4)O[C@H]23)[C@H](OC(C)=O)[C@@H](OC(C)=O)[C@@H]1OC(C)=O. The fraction of sp³-hybridized carbons (Fsp3) is 0.600. The zero-order valence-corrected chi connectivity index (χ0v) is 29.4. The second kappa shape index (κ2) is 16.8.